The highest BCUT2D eigenvalue weighted by atomic mass is 16.5. The first-order chi connectivity index (χ1) is 7.74. The van der Waals surface area contributed by atoms with Crippen molar-refractivity contribution in [1.82, 2.24) is 5.32 Å². The Morgan fingerprint density at radius 3 is 2.81 bits per heavy atom. The monoisotopic (exact) mass is 222 g/mol. The lowest BCUT2D eigenvalue weighted by Crippen LogP contribution is -2.12. The summed E-state index contributed by atoms with van der Waals surface area (Å²) < 4.78 is 5.59. The van der Waals surface area contributed by atoms with Gasteiger partial charge in [0.2, 0.25) is 5.91 Å². The van der Waals surface area contributed by atoms with Gasteiger partial charge in [0.1, 0.15) is 5.75 Å². The van der Waals surface area contributed by atoms with Gasteiger partial charge < -0.3 is 15.4 Å². The van der Waals surface area contributed by atoms with Gasteiger partial charge in [-0.15, -0.1) is 0 Å². The summed E-state index contributed by atoms with van der Waals surface area (Å²) in [6.07, 6.45) is 0.935. The molecule has 0 fully saturated rings. The SMILES string of the molecule is CNCCCOc1ccccc1NC(C)=O. The van der Waals surface area contributed by atoms with E-state index in [0.717, 1.165) is 18.7 Å². The molecule has 88 valence electrons. The van der Waals surface area contributed by atoms with Crippen molar-refractivity contribution in [2.45, 2.75) is 13.3 Å². The minimum Gasteiger partial charge on any atom is -0.491 e. The summed E-state index contributed by atoms with van der Waals surface area (Å²) in [5.74, 6) is 0.625. The Morgan fingerprint density at radius 1 is 1.38 bits per heavy atom. The van der Waals surface area contributed by atoms with Gasteiger partial charge in [0, 0.05) is 6.92 Å². The molecule has 0 atom stereocenters. The lowest BCUT2D eigenvalue weighted by molar-refractivity contribution is -0.114. The maximum atomic E-state index is 11.0. The summed E-state index contributed by atoms with van der Waals surface area (Å²) in [5, 5.41) is 5.79. The van der Waals surface area contributed by atoms with Crippen molar-refractivity contribution in [2.24, 2.45) is 0 Å². The molecule has 16 heavy (non-hydrogen) atoms. The molecule has 0 bridgehead atoms. The zero-order valence-electron chi connectivity index (χ0n) is 9.75. The first-order valence-electron chi connectivity index (χ1n) is 5.38. The first-order valence-corrected chi connectivity index (χ1v) is 5.38. The fourth-order valence-electron chi connectivity index (χ4n) is 1.32. The Morgan fingerprint density at radius 2 is 2.12 bits per heavy atom. The number of carbonyl (C=O) groups is 1. The minimum atomic E-state index is -0.0914. The van der Waals surface area contributed by atoms with E-state index in [0.29, 0.717) is 12.4 Å². The van der Waals surface area contributed by atoms with E-state index in [1.54, 1.807) is 0 Å². The maximum Gasteiger partial charge on any atom is 0.221 e. The third kappa shape index (κ3) is 4.31. The average Bonchev–Trinajstić information content (AvgIpc) is 2.26. The number of hydrogen-bond donors (Lipinski definition) is 2. The summed E-state index contributed by atoms with van der Waals surface area (Å²) in [6, 6.07) is 7.43. The molecule has 0 aromatic heterocycles. The van der Waals surface area contributed by atoms with Crippen molar-refractivity contribution in [3.05, 3.63) is 24.3 Å². The normalized spacial score (nSPS) is 9.88. The van der Waals surface area contributed by atoms with Crippen LogP contribution in [0.25, 0.3) is 0 Å². The van der Waals surface area contributed by atoms with E-state index in [1.165, 1.54) is 6.92 Å². The van der Waals surface area contributed by atoms with Crippen LogP contribution in [-0.4, -0.2) is 26.1 Å². The summed E-state index contributed by atoms with van der Waals surface area (Å²) in [5.41, 5.74) is 0.722. The van der Waals surface area contributed by atoms with Gasteiger partial charge in [-0.05, 0) is 32.1 Å². The maximum absolute atomic E-state index is 11.0. The van der Waals surface area contributed by atoms with Crippen LogP contribution in [0.1, 0.15) is 13.3 Å². The van der Waals surface area contributed by atoms with E-state index in [4.69, 9.17) is 4.74 Å². The van der Waals surface area contributed by atoms with Crippen LogP contribution in [0.5, 0.6) is 5.75 Å². The fraction of sp³-hybridized carbons (Fsp3) is 0.417. The zero-order chi connectivity index (χ0) is 11.8. The second kappa shape index (κ2) is 6.85. The van der Waals surface area contributed by atoms with Crippen LogP contribution >= 0.6 is 0 Å². The molecule has 0 saturated heterocycles. The Kier molecular flexibility index (Phi) is 5.36. The Bertz CT molecular complexity index is 340. The third-order valence-corrected chi connectivity index (χ3v) is 2.03. The van der Waals surface area contributed by atoms with Gasteiger partial charge in [0.05, 0.1) is 12.3 Å². The topological polar surface area (TPSA) is 50.4 Å². The highest BCUT2D eigenvalue weighted by Crippen LogP contribution is 2.23. The number of anilines is 1. The van der Waals surface area contributed by atoms with Crippen LogP contribution in [-0.2, 0) is 4.79 Å². The number of para-hydroxylation sites is 2. The third-order valence-electron chi connectivity index (χ3n) is 2.03. The molecular weight excluding hydrogens is 204 g/mol. The molecule has 1 aromatic rings. The molecule has 0 heterocycles. The molecule has 4 heteroatoms. The summed E-state index contributed by atoms with van der Waals surface area (Å²) in [4.78, 5) is 11.0. The number of nitrogens with one attached hydrogen (secondary N) is 2. The number of benzene rings is 1. The second-order valence-electron chi connectivity index (χ2n) is 3.48. The van der Waals surface area contributed by atoms with Gasteiger partial charge >= 0.3 is 0 Å². The van der Waals surface area contributed by atoms with Gasteiger partial charge in [0.15, 0.2) is 0 Å². The highest BCUT2D eigenvalue weighted by Gasteiger charge is 2.03. The fourth-order valence-corrected chi connectivity index (χ4v) is 1.32. The Hall–Kier alpha value is -1.55. The van der Waals surface area contributed by atoms with E-state index < -0.39 is 0 Å². The van der Waals surface area contributed by atoms with Crippen LogP contribution in [0, 0.1) is 0 Å². The van der Waals surface area contributed by atoms with Crippen LogP contribution < -0.4 is 15.4 Å². The van der Waals surface area contributed by atoms with E-state index >= 15 is 0 Å². The van der Waals surface area contributed by atoms with Crippen molar-refractivity contribution in [3.63, 3.8) is 0 Å². The number of carbonyl (C=O) groups excluding carboxylic acids is 1. The summed E-state index contributed by atoms with van der Waals surface area (Å²) in [7, 11) is 1.91. The molecule has 1 rings (SSSR count). The van der Waals surface area contributed by atoms with Crippen LogP contribution in [0.15, 0.2) is 24.3 Å². The van der Waals surface area contributed by atoms with Crippen molar-refractivity contribution in [2.75, 3.05) is 25.5 Å². The second-order valence-corrected chi connectivity index (χ2v) is 3.48. The predicted octanol–water partition coefficient (Wildman–Crippen LogP) is 1.63. The van der Waals surface area contributed by atoms with Crippen molar-refractivity contribution in [1.29, 1.82) is 0 Å². The molecular formula is C12H18N2O2. The van der Waals surface area contributed by atoms with Crippen molar-refractivity contribution >= 4 is 11.6 Å². The number of amides is 1. The molecule has 0 aliphatic heterocycles. The Balaban J connectivity index is 2.53. The lowest BCUT2D eigenvalue weighted by atomic mass is 10.3. The number of rotatable bonds is 6. The lowest BCUT2D eigenvalue weighted by Gasteiger charge is -2.11. The smallest absolute Gasteiger partial charge is 0.221 e. The van der Waals surface area contributed by atoms with E-state index in [-0.39, 0.29) is 5.91 Å². The van der Waals surface area contributed by atoms with E-state index in [2.05, 4.69) is 10.6 Å². The van der Waals surface area contributed by atoms with Crippen LogP contribution in [0.4, 0.5) is 5.69 Å². The van der Waals surface area contributed by atoms with Gasteiger partial charge in [-0.1, -0.05) is 12.1 Å². The molecule has 0 unspecified atom stereocenters. The zero-order valence-corrected chi connectivity index (χ0v) is 9.75. The summed E-state index contributed by atoms with van der Waals surface area (Å²) >= 11 is 0. The van der Waals surface area contributed by atoms with Gasteiger partial charge in [-0.2, -0.15) is 0 Å². The summed E-state index contributed by atoms with van der Waals surface area (Å²) in [6.45, 7) is 3.04. The molecule has 0 spiro atoms. The molecule has 1 amide bonds. The molecule has 0 radical (unpaired) electrons. The number of hydrogen-bond acceptors (Lipinski definition) is 3. The van der Waals surface area contributed by atoms with Crippen molar-refractivity contribution in [3.8, 4) is 5.75 Å². The van der Waals surface area contributed by atoms with Crippen molar-refractivity contribution < 1.29 is 9.53 Å². The van der Waals surface area contributed by atoms with E-state index in [9.17, 15) is 4.79 Å². The average molecular weight is 222 g/mol. The molecule has 0 saturated carbocycles. The highest BCUT2D eigenvalue weighted by molar-refractivity contribution is 5.90. The quantitative estimate of drug-likeness (QED) is 0.719. The van der Waals surface area contributed by atoms with Gasteiger partial charge in [-0.3, -0.25) is 4.79 Å². The molecule has 4 nitrogen and oxygen atoms in total. The molecule has 0 aliphatic carbocycles. The minimum absolute atomic E-state index is 0.0914. The van der Waals surface area contributed by atoms with Crippen LogP contribution in [0.2, 0.25) is 0 Å². The first kappa shape index (κ1) is 12.5. The van der Waals surface area contributed by atoms with Gasteiger partial charge in [0.25, 0.3) is 0 Å². The van der Waals surface area contributed by atoms with E-state index in [1.807, 2.05) is 31.3 Å². The molecule has 2 N–H and O–H groups in total. The largest absolute Gasteiger partial charge is 0.491 e. The van der Waals surface area contributed by atoms with Crippen LogP contribution in [0.3, 0.4) is 0 Å². The number of ether oxygens (including phenoxy) is 1. The molecule has 1 aromatic carbocycles. The standard InChI is InChI=1S/C12H18N2O2/c1-10(15)14-11-6-3-4-7-12(11)16-9-5-8-13-2/h3-4,6-7,13H,5,8-9H2,1-2H3,(H,14,15). The molecule has 0 aliphatic rings. The van der Waals surface area contributed by atoms with Gasteiger partial charge in [-0.25, -0.2) is 0 Å². The predicted molar refractivity (Wildman–Crippen MR) is 64.8 cm³/mol. The Labute approximate surface area is 96.0 Å².